The van der Waals surface area contributed by atoms with Crippen LogP contribution in [0, 0.1) is 11.8 Å². The van der Waals surface area contributed by atoms with Gasteiger partial charge in [-0.25, -0.2) is 4.98 Å². The molecule has 1 aromatic carbocycles. The van der Waals surface area contributed by atoms with Crippen LogP contribution in [-0.4, -0.2) is 61.6 Å². The third-order valence-electron chi connectivity index (χ3n) is 11.0. The Morgan fingerprint density at radius 1 is 0.789 bits per heavy atom. The zero-order valence-electron chi connectivity index (χ0n) is 23.0. The van der Waals surface area contributed by atoms with Crippen LogP contribution in [0.1, 0.15) is 114 Å². The molecule has 4 heterocycles. The Hall–Kier alpha value is -1.92. The van der Waals surface area contributed by atoms with Gasteiger partial charge in [-0.15, -0.1) is 0 Å². The van der Waals surface area contributed by atoms with Crippen molar-refractivity contribution in [2.75, 3.05) is 13.1 Å². The number of fused-ring (bicyclic) bond motifs is 5. The Bertz CT molecular complexity index is 1120. The first-order chi connectivity index (χ1) is 18.6. The van der Waals surface area contributed by atoms with E-state index in [0.717, 1.165) is 55.0 Å². The Balaban J connectivity index is 1.20. The van der Waals surface area contributed by atoms with E-state index in [1.807, 2.05) is 0 Å². The van der Waals surface area contributed by atoms with Gasteiger partial charge in [-0.05, 0) is 88.3 Å². The zero-order chi connectivity index (χ0) is 25.6. The lowest BCUT2D eigenvalue weighted by Crippen LogP contribution is -2.58. The lowest BCUT2D eigenvalue weighted by Gasteiger charge is -2.55. The number of carbonyl (C=O) groups is 1. The minimum absolute atomic E-state index is 0.103. The largest absolute Gasteiger partial charge is 0.480 e. The van der Waals surface area contributed by atoms with Crippen molar-refractivity contribution in [3.05, 3.63) is 30.1 Å². The first kappa shape index (κ1) is 25.1. The number of imidazole rings is 1. The van der Waals surface area contributed by atoms with Crippen molar-refractivity contribution in [1.82, 2.24) is 19.4 Å². The predicted molar refractivity (Wildman–Crippen MR) is 150 cm³/mol. The smallest absolute Gasteiger partial charge is 0.317 e. The molecule has 7 atom stereocenters. The Morgan fingerprint density at radius 2 is 1.50 bits per heavy atom. The summed E-state index contributed by atoms with van der Waals surface area (Å²) in [4.78, 5) is 22.2. The summed E-state index contributed by atoms with van der Waals surface area (Å²) < 4.78 is 2.60. The Labute approximate surface area is 227 Å². The van der Waals surface area contributed by atoms with Gasteiger partial charge in [-0.3, -0.25) is 14.6 Å². The van der Waals surface area contributed by atoms with Gasteiger partial charge in [0.2, 0.25) is 0 Å². The number of nitrogens with zero attached hydrogens (tertiary/aromatic N) is 4. The molecule has 3 saturated heterocycles. The molecule has 2 aliphatic carbocycles. The lowest BCUT2D eigenvalue weighted by atomic mass is 9.73. The molecule has 2 saturated carbocycles. The molecule has 38 heavy (non-hydrogen) atoms. The summed E-state index contributed by atoms with van der Waals surface area (Å²) in [5.74, 6) is 2.34. The summed E-state index contributed by atoms with van der Waals surface area (Å²) in [6.45, 7) is 0.968. The van der Waals surface area contributed by atoms with Gasteiger partial charge in [-0.1, -0.05) is 50.7 Å². The average Bonchev–Trinajstić information content (AvgIpc) is 3.21. The topological polar surface area (TPSA) is 61.6 Å². The van der Waals surface area contributed by atoms with Crippen molar-refractivity contribution < 1.29 is 9.90 Å². The number of hydrogen-bond acceptors (Lipinski definition) is 4. The number of carboxylic acid groups (broad SMARTS) is 1. The zero-order valence-corrected chi connectivity index (χ0v) is 23.0. The quantitative estimate of drug-likeness (QED) is 0.485. The first-order valence-corrected chi connectivity index (χ1v) is 15.8. The molecular weight excluding hydrogens is 472 g/mol. The van der Waals surface area contributed by atoms with E-state index in [1.54, 1.807) is 0 Å². The van der Waals surface area contributed by atoms with E-state index < -0.39 is 5.97 Å². The van der Waals surface area contributed by atoms with Crippen molar-refractivity contribution in [3.63, 3.8) is 0 Å². The molecule has 5 fully saturated rings. The second-order valence-electron chi connectivity index (χ2n) is 13.4. The molecular formula is C32H46N4O2. The highest BCUT2D eigenvalue weighted by molar-refractivity contribution is 5.76. The summed E-state index contributed by atoms with van der Waals surface area (Å²) in [5, 5.41) is 9.65. The summed E-state index contributed by atoms with van der Waals surface area (Å²) in [5.41, 5.74) is 2.33. The molecule has 3 aliphatic heterocycles. The maximum absolute atomic E-state index is 11.7. The Morgan fingerprint density at radius 3 is 2.24 bits per heavy atom. The summed E-state index contributed by atoms with van der Waals surface area (Å²) in [6.07, 6.45) is 20.0. The fourth-order valence-electron chi connectivity index (χ4n) is 9.63. The van der Waals surface area contributed by atoms with Crippen molar-refractivity contribution >= 4 is 17.0 Å². The number of rotatable bonds is 5. The van der Waals surface area contributed by atoms with Crippen LogP contribution in [0.4, 0.5) is 0 Å². The second kappa shape index (κ2) is 10.6. The van der Waals surface area contributed by atoms with E-state index in [9.17, 15) is 9.90 Å². The monoisotopic (exact) mass is 518 g/mol. The number of aromatic nitrogens is 2. The highest BCUT2D eigenvalue weighted by Gasteiger charge is 2.45. The molecule has 5 aliphatic rings. The molecule has 4 bridgehead atoms. The van der Waals surface area contributed by atoms with Crippen molar-refractivity contribution in [1.29, 1.82) is 0 Å². The second-order valence-corrected chi connectivity index (χ2v) is 13.4. The standard InChI is InChI=1S/C32H46N4O2/c37-31(38)21-34-15-6-5-14-30(34)32-33-28-12-3-4-13-29(28)36(32)27-19-24-10-7-11-25(20-27)35(24)26-17-22-8-1-2-9-23(16-22)18-26/h3-4,12-13,22-27,30H,1-2,5-11,14-21H2,(H,37,38)/t22-,23+,24-,25+,26-,27-,30-/m1/s1. The molecule has 0 spiro atoms. The van der Waals surface area contributed by atoms with Gasteiger partial charge in [0.05, 0.1) is 23.6 Å². The molecule has 0 unspecified atom stereocenters. The van der Waals surface area contributed by atoms with Crippen LogP contribution in [0.25, 0.3) is 11.0 Å². The molecule has 1 aromatic heterocycles. The van der Waals surface area contributed by atoms with Gasteiger partial charge < -0.3 is 9.67 Å². The van der Waals surface area contributed by atoms with Gasteiger partial charge >= 0.3 is 5.97 Å². The van der Waals surface area contributed by atoms with Crippen LogP contribution in [0.15, 0.2) is 24.3 Å². The fraction of sp³-hybridized carbons (Fsp3) is 0.750. The van der Waals surface area contributed by atoms with E-state index >= 15 is 0 Å². The molecule has 6 nitrogen and oxygen atoms in total. The highest BCUT2D eigenvalue weighted by Crippen LogP contribution is 2.48. The van der Waals surface area contributed by atoms with Crippen LogP contribution < -0.4 is 0 Å². The van der Waals surface area contributed by atoms with Crippen LogP contribution in [0.3, 0.4) is 0 Å². The average molecular weight is 519 g/mol. The SMILES string of the molecule is O=C(O)CN1CCCC[C@@H]1c1nc2ccccc2n1[C@@H]1C[C@H]2CCC[C@@H](C1)N2[C@@H]1C[C@@H]2CCCC[C@@H](C2)C1. The predicted octanol–water partition coefficient (Wildman–Crippen LogP) is 6.56. The summed E-state index contributed by atoms with van der Waals surface area (Å²) in [7, 11) is 0. The maximum Gasteiger partial charge on any atom is 0.317 e. The van der Waals surface area contributed by atoms with Gasteiger partial charge in [-0.2, -0.15) is 0 Å². The van der Waals surface area contributed by atoms with Crippen molar-refractivity contribution in [2.24, 2.45) is 11.8 Å². The highest BCUT2D eigenvalue weighted by atomic mass is 16.4. The molecule has 0 radical (unpaired) electrons. The van der Waals surface area contributed by atoms with Crippen molar-refractivity contribution in [3.8, 4) is 0 Å². The summed E-state index contributed by atoms with van der Waals surface area (Å²) in [6, 6.07) is 11.4. The van der Waals surface area contributed by atoms with Crippen LogP contribution >= 0.6 is 0 Å². The van der Waals surface area contributed by atoms with Crippen LogP contribution in [0.2, 0.25) is 0 Å². The molecule has 7 rings (SSSR count). The number of likely N-dealkylation sites (tertiary alicyclic amines) is 1. The van der Waals surface area contributed by atoms with Gasteiger partial charge in [0, 0.05) is 24.2 Å². The lowest BCUT2D eigenvalue weighted by molar-refractivity contribution is -0.139. The number of para-hydroxylation sites is 2. The van der Waals surface area contributed by atoms with Crippen LogP contribution in [0.5, 0.6) is 0 Å². The summed E-state index contributed by atoms with van der Waals surface area (Å²) >= 11 is 0. The molecule has 2 aromatic rings. The first-order valence-electron chi connectivity index (χ1n) is 15.8. The van der Waals surface area contributed by atoms with Gasteiger partial charge in [0.15, 0.2) is 0 Å². The van der Waals surface area contributed by atoms with Gasteiger partial charge in [0.1, 0.15) is 5.82 Å². The molecule has 6 heteroatoms. The maximum atomic E-state index is 11.7. The number of benzene rings is 1. The Kier molecular flexibility index (Phi) is 6.98. The van der Waals surface area contributed by atoms with E-state index in [-0.39, 0.29) is 12.6 Å². The molecule has 1 N–H and O–H groups in total. The number of piperidine rings is 3. The third-order valence-corrected chi connectivity index (χ3v) is 11.0. The van der Waals surface area contributed by atoms with E-state index in [0.29, 0.717) is 18.1 Å². The number of carboxylic acids is 1. The van der Waals surface area contributed by atoms with Gasteiger partial charge in [0.25, 0.3) is 0 Å². The number of aliphatic carboxylic acids is 1. The third kappa shape index (κ3) is 4.70. The fourth-order valence-corrected chi connectivity index (χ4v) is 9.63. The van der Waals surface area contributed by atoms with E-state index in [1.165, 1.54) is 82.6 Å². The number of hydrogen-bond donors (Lipinski definition) is 1. The molecule has 0 amide bonds. The normalized spacial score (nSPS) is 36.7. The van der Waals surface area contributed by atoms with Crippen LogP contribution in [-0.2, 0) is 4.79 Å². The van der Waals surface area contributed by atoms with E-state index in [4.69, 9.17) is 4.98 Å². The minimum Gasteiger partial charge on any atom is -0.480 e. The van der Waals surface area contributed by atoms with E-state index in [2.05, 4.69) is 38.6 Å². The minimum atomic E-state index is -0.726. The molecule has 206 valence electrons. The van der Waals surface area contributed by atoms with Crippen molar-refractivity contribution in [2.45, 2.75) is 127 Å².